The van der Waals surface area contributed by atoms with Gasteiger partial charge in [-0.2, -0.15) is 5.26 Å². The van der Waals surface area contributed by atoms with Gasteiger partial charge in [0.2, 0.25) is 0 Å². The molecule has 0 aliphatic carbocycles. The maximum Gasteiger partial charge on any atom is 0.261 e. The summed E-state index contributed by atoms with van der Waals surface area (Å²) in [5, 5.41) is 9.22. The lowest BCUT2D eigenvalue weighted by molar-refractivity contribution is -0.134. The average Bonchev–Trinajstić information content (AvgIpc) is 2.73. The van der Waals surface area contributed by atoms with Gasteiger partial charge in [0.15, 0.2) is 6.61 Å². The third-order valence-electron chi connectivity index (χ3n) is 4.20. The molecule has 0 saturated carbocycles. The molecule has 0 atom stereocenters. The molecule has 0 aliphatic rings. The van der Waals surface area contributed by atoms with Gasteiger partial charge in [0, 0.05) is 13.1 Å². The van der Waals surface area contributed by atoms with Crippen LogP contribution in [0, 0.1) is 11.3 Å². The summed E-state index contributed by atoms with van der Waals surface area (Å²) < 4.78 is 5.62. The molecule has 0 saturated heterocycles. The first-order valence-electron chi connectivity index (χ1n) is 8.84. The highest BCUT2D eigenvalue weighted by Crippen LogP contribution is 2.25. The predicted octanol–water partition coefficient (Wildman–Crippen LogP) is 4.82. The molecule has 0 spiro atoms. The van der Waals surface area contributed by atoms with Gasteiger partial charge in [-0.05, 0) is 29.3 Å². The smallest absolute Gasteiger partial charge is 0.261 e. The fourth-order valence-electron chi connectivity index (χ4n) is 2.76. The molecule has 3 aromatic carbocycles. The van der Waals surface area contributed by atoms with E-state index in [1.54, 1.807) is 17.0 Å². The minimum atomic E-state index is -0.145. The van der Waals surface area contributed by atoms with Crippen molar-refractivity contribution in [3.05, 3.63) is 101 Å². The van der Waals surface area contributed by atoms with Gasteiger partial charge >= 0.3 is 0 Å². The van der Waals surface area contributed by atoms with Gasteiger partial charge < -0.3 is 9.64 Å². The number of hydrogen-bond donors (Lipinski definition) is 0. The molecule has 5 heteroatoms. The largest absolute Gasteiger partial charge is 0.482 e. The second-order valence-electron chi connectivity index (χ2n) is 6.27. The van der Waals surface area contributed by atoms with Gasteiger partial charge in [0.1, 0.15) is 5.75 Å². The average molecular weight is 391 g/mol. The van der Waals surface area contributed by atoms with Crippen LogP contribution in [0.4, 0.5) is 0 Å². The zero-order valence-electron chi connectivity index (χ0n) is 15.2. The first kappa shape index (κ1) is 19.5. The van der Waals surface area contributed by atoms with Crippen LogP contribution < -0.4 is 4.74 Å². The maximum atomic E-state index is 12.9. The van der Waals surface area contributed by atoms with Gasteiger partial charge in [-0.25, -0.2) is 0 Å². The number of rotatable bonds is 7. The van der Waals surface area contributed by atoms with E-state index >= 15 is 0 Å². The molecule has 0 aromatic heterocycles. The van der Waals surface area contributed by atoms with Crippen molar-refractivity contribution in [1.82, 2.24) is 4.90 Å². The molecule has 0 bridgehead atoms. The van der Waals surface area contributed by atoms with E-state index < -0.39 is 0 Å². The Balaban J connectivity index is 1.71. The minimum Gasteiger partial charge on any atom is -0.482 e. The third-order valence-corrected chi connectivity index (χ3v) is 4.49. The number of hydrogen-bond acceptors (Lipinski definition) is 3. The molecule has 0 fully saturated rings. The van der Waals surface area contributed by atoms with Crippen molar-refractivity contribution in [1.29, 1.82) is 5.26 Å². The normalized spacial score (nSPS) is 10.1. The Morgan fingerprint density at radius 1 is 0.929 bits per heavy atom. The molecule has 0 heterocycles. The number of nitrogens with zero attached hydrogens (tertiary/aromatic N) is 2. The van der Waals surface area contributed by atoms with E-state index in [4.69, 9.17) is 21.6 Å². The Hall–Kier alpha value is -3.29. The van der Waals surface area contributed by atoms with E-state index in [1.807, 2.05) is 66.7 Å². The van der Waals surface area contributed by atoms with Crippen LogP contribution in [0.5, 0.6) is 5.75 Å². The molecular weight excluding hydrogens is 372 g/mol. The Morgan fingerprint density at radius 3 is 2.00 bits per heavy atom. The van der Waals surface area contributed by atoms with E-state index in [0.29, 0.717) is 29.4 Å². The molecule has 28 heavy (non-hydrogen) atoms. The topological polar surface area (TPSA) is 53.3 Å². The van der Waals surface area contributed by atoms with Gasteiger partial charge in [0.25, 0.3) is 5.91 Å². The zero-order valence-corrected chi connectivity index (χ0v) is 16.0. The molecule has 1 amide bonds. The number of carbonyl (C=O) groups is 1. The summed E-state index contributed by atoms with van der Waals surface area (Å²) in [6, 6.07) is 26.4. The van der Waals surface area contributed by atoms with E-state index in [9.17, 15) is 4.79 Å². The standard InChI is InChI=1S/C23H19ClN2O2/c24-21-13-20(14-25)11-12-22(21)28-17-23(27)26(15-18-7-3-1-4-8-18)16-19-9-5-2-6-10-19/h1-13H,15-17H2. The number of amides is 1. The molecule has 140 valence electrons. The van der Waals surface area contributed by atoms with Crippen LogP contribution in [0.1, 0.15) is 16.7 Å². The van der Waals surface area contributed by atoms with Crippen LogP contribution in [0.25, 0.3) is 0 Å². The van der Waals surface area contributed by atoms with Crippen molar-refractivity contribution in [2.75, 3.05) is 6.61 Å². The van der Waals surface area contributed by atoms with Crippen LogP contribution in [0.3, 0.4) is 0 Å². The highest BCUT2D eigenvalue weighted by molar-refractivity contribution is 6.32. The minimum absolute atomic E-state index is 0.134. The molecule has 3 rings (SSSR count). The van der Waals surface area contributed by atoms with Gasteiger partial charge in [-0.3, -0.25) is 4.79 Å². The summed E-state index contributed by atoms with van der Waals surface area (Å²) in [4.78, 5) is 14.6. The van der Waals surface area contributed by atoms with Crippen molar-refractivity contribution in [3.63, 3.8) is 0 Å². The first-order chi connectivity index (χ1) is 13.7. The molecular formula is C23H19ClN2O2. The van der Waals surface area contributed by atoms with Crippen molar-refractivity contribution in [2.45, 2.75) is 13.1 Å². The Labute approximate surface area is 169 Å². The molecule has 0 aliphatic heterocycles. The van der Waals surface area contributed by atoms with Gasteiger partial charge in [0.05, 0.1) is 16.7 Å². The number of benzene rings is 3. The zero-order chi connectivity index (χ0) is 19.8. The summed E-state index contributed by atoms with van der Waals surface area (Å²) in [5.74, 6) is 0.238. The maximum absolute atomic E-state index is 12.9. The lowest BCUT2D eigenvalue weighted by atomic mass is 10.1. The second kappa shape index (κ2) is 9.59. The van der Waals surface area contributed by atoms with Crippen LogP contribution in [0.2, 0.25) is 5.02 Å². The van der Waals surface area contributed by atoms with E-state index in [2.05, 4.69) is 0 Å². The lowest BCUT2D eigenvalue weighted by Crippen LogP contribution is -2.34. The SMILES string of the molecule is N#Cc1ccc(OCC(=O)N(Cc2ccccc2)Cc2ccccc2)c(Cl)c1. The molecule has 3 aromatic rings. The van der Waals surface area contributed by atoms with Crippen LogP contribution >= 0.6 is 11.6 Å². The highest BCUT2D eigenvalue weighted by Gasteiger charge is 2.16. The fourth-order valence-corrected chi connectivity index (χ4v) is 2.99. The first-order valence-corrected chi connectivity index (χ1v) is 9.21. The number of halogens is 1. The van der Waals surface area contributed by atoms with Crippen LogP contribution in [-0.4, -0.2) is 17.4 Å². The summed E-state index contributed by atoms with van der Waals surface area (Å²) in [6.45, 7) is 0.837. The van der Waals surface area contributed by atoms with Gasteiger partial charge in [-0.1, -0.05) is 72.3 Å². The Kier molecular flexibility index (Phi) is 6.67. The van der Waals surface area contributed by atoms with Crippen molar-refractivity contribution < 1.29 is 9.53 Å². The quantitative estimate of drug-likeness (QED) is 0.581. The third kappa shape index (κ3) is 5.35. The summed E-state index contributed by atoms with van der Waals surface area (Å²) in [5.41, 5.74) is 2.53. The summed E-state index contributed by atoms with van der Waals surface area (Å²) in [7, 11) is 0. The summed E-state index contributed by atoms with van der Waals surface area (Å²) in [6.07, 6.45) is 0. The van der Waals surface area contributed by atoms with Gasteiger partial charge in [-0.15, -0.1) is 0 Å². The number of ether oxygens (including phenoxy) is 1. The molecule has 4 nitrogen and oxygen atoms in total. The summed E-state index contributed by atoms with van der Waals surface area (Å²) >= 11 is 6.13. The fraction of sp³-hybridized carbons (Fsp3) is 0.130. The lowest BCUT2D eigenvalue weighted by Gasteiger charge is -2.23. The second-order valence-corrected chi connectivity index (χ2v) is 6.67. The van der Waals surface area contributed by atoms with E-state index in [1.165, 1.54) is 6.07 Å². The monoisotopic (exact) mass is 390 g/mol. The van der Waals surface area contributed by atoms with Crippen molar-refractivity contribution >= 4 is 17.5 Å². The van der Waals surface area contributed by atoms with Crippen LogP contribution in [-0.2, 0) is 17.9 Å². The molecule has 0 radical (unpaired) electrons. The number of carbonyl (C=O) groups excluding carboxylic acids is 1. The van der Waals surface area contributed by atoms with Crippen molar-refractivity contribution in [2.24, 2.45) is 0 Å². The highest BCUT2D eigenvalue weighted by atomic mass is 35.5. The predicted molar refractivity (Wildman–Crippen MR) is 109 cm³/mol. The Morgan fingerprint density at radius 2 is 1.50 bits per heavy atom. The Bertz CT molecular complexity index is 927. The number of nitriles is 1. The van der Waals surface area contributed by atoms with Crippen LogP contribution in [0.15, 0.2) is 78.9 Å². The van der Waals surface area contributed by atoms with E-state index in [0.717, 1.165) is 11.1 Å². The molecule has 0 unspecified atom stereocenters. The van der Waals surface area contributed by atoms with E-state index in [-0.39, 0.29) is 12.5 Å². The van der Waals surface area contributed by atoms with Crippen molar-refractivity contribution in [3.8, 4) is 11.8 Å². The molecule has 0 N–H and O–H groups in total.